The van der Waals surface area contributed by atoms with E-state index >= 15 is 0 Å². The summed E-state index contributed by atoms with van der Waals surface area (Å²) in [5.41, 5.74) is 3.46. The Bertz CT molecular complexity index is 475. The van der Waals surface area contributed by atoms with Crippen molar-refractivity contribution in [2.24, 2.45) is 0 Å². The van der Waals surface area contributed by atoms with Crippen LogP contribution in [0, 0.1) is 6.92 Å². The molecule has 0 bridgehead atoms. The molecule has 17 heavy (non-hydrogen) atoms. The van der Waals surface area contributed by atoms with Crippen LogP contribution in [-0.2, 0) is 12.8 Å². The van der Waals surface area contributed by atoms with Gasteiger partial charge >= 0.3 is 0 Å². The molecule has 3 heteroatoms. The fraction of sp³-hybridized carbons (Fsp3) is 0.357. The number of rotatable bonds is 4. The molecule has 0 amide bonds. The molecule has 2 aromatic rings. The fourth-order valence-corrected chi connectivity index (χ4v) is 2.53. The van der Waals surface area contributed by atoms with E-state index in [9.17, 15) is 5.11 Å². The highest BCUT2D eigenvalue weighted by Gasteiger charge is 2.11. The minimum absolute atomic E-state index is 0.485. The number of thiazole rings is 1. The quantitative estimate of drug-likeness (QED) is 0.899. The topological polar surface area (TPSA) is 33.1 Å². The average molecular weight is 247 g/mol. The number of aliphatic hydroxyl groups excluding tert-OH is 1. The fourth-order valence-electron chi connectivity index (χ4n) is 1.75. The molecule has 2 rings (SSSR count). The van der Waals surface area contributed by atoms with E-state index < -0.39 is 6.10 Å². The van der Waals surface area contributed by atoms with Crippen molar-refractivity contribution in [3.05, 3.63) is 51.5 Å². The standard InChI is InChI=1S/C14H17NOS/c1-3-11-4-6-12(7-5-11)8-13(16)14-15-10(2)9-17-14/h4-7,9,13,16H,3,8H2,1-2H3. The van der Waals surface area contributed by atoms with Gasteiger partial charge in [-0.1, -0.05) is 31.2 Å². The molecule has 1 heterocycles. The van der Waals surface area contributed by atoms with Crippen molar-refractivity contribution in [3.63, 3.8) is 0 Å². The summed E-state index contributed by atoms with van der Waals surface area (Å²) in [7, 11) is 0. The Morgan fingerprint density at radius 1 is 1.24 bits per heavy atom. The maximum absolute atomic E-state index is 10.1. The van der Waals surface area contributed by atoms with Crippen molar-refractivity contribution in [1.82, 2.24) is 4.98 Å². The summed E-state index contributed by atoms with van der Waals surface area (Å²) in [6, 6.07) is 8.41. The third-order valence-electron chi connectivity index (χ3n) is 2.78. The lowest BCUT2D eigenvalue weighted by molar-refractivity contribution is 0.178. The van der Waals surface area contributed by atoms with Crippen LogP contribution in [0.25, 0.3) is 0 Å². The molecule has 1 atom stereocenters. The van der Waals surface area contributed by atoms with Gasteiger partial charge in [-0.05, 0) is 24.5 Å². The predicted octanol–water partition coefficient (Wildman–Crippen LogP) is 3.29. The largest absolute Gasteiger partial charge is 0.386 e. The third-order valence-corrected chi connectivity index (χ3v) is 3.85. The zero-order valence-electron chi connectivity index (χ0n) is 10.2. The molecule has 0 spiro atoms. The minimum atomic E-state index is -0.485. The van der Waals surface area contributed by atoms with Crippen molar-refractivity contribution >= 4 is 11.3 Å². The number of benzene rings is 1. The van der Waals surface area contributed by atoms with E-state index in [1.54, 1.807) is 0 Å². The molecule has 90 valence electrons. The molecule has 0 aliphatic rings. The van der Waals surface area contributed by atoms with Crippen molar-refractivity contribution in [2.45, 2.75) is 32.8 Å². The summed E-state index contributed by atoms with van der Waals surface area (Å²) in [6.45, 7) is 4.09. The maximum Gasteiger partial charge on any atom is 0.122 e. The Labute approximate surface area is 106 Å². The summed E-state index contributed by atoms with van der Waals surface area (Å²) in [6.07, 6.45) is 1.20. The monoisotopic (exact) mass is 247 g/mol. The van der Waals surface area contributed by atoms with Crippen molar-refractivity contribution in [3.8, 4) is 0 Å². The van der Waals surface area contributed by atoms with Crippen molar-refractivity contribution in [1.29, 1.82) is 0 Å². The van der Waals surface area contributed by atoms with Gasteiger partial charge in [0.15, 0.2) is 0 Å². The highest BCUT2D eigenvalue weighted by atomic mass is 32.1. The van der Waals surface area contributed by atoms with Crippen LogP contribution in [0.1, 0.15) is 34.9 Å². The second kappa shape index (κ2) is 5.43. The Balaban J connectivity index is 2.04. The van der Waals surface area contributed by atoms with Gasteiger partial charge in [0.2, 0.25) is 0 Å². The molecule has 0 aliphatic carbocycles. The molecular formula is C14H17NOS. The SMILES string of the molecule is CCc1ccc(CC(O)c2nc(C)cs2)cc1. The first kappa shape index (κ1) is 12.3. The number of aliphatic hydroxyl groups is 1. The molecule has 0 aliphatic heterocycles. The first-order chi connectivity index (χ1) is 8.19. The molecule has 0 radical (unpaired) electrons. The van der Waals surface area contributed by atoms with Gasteiger partial charge in [-0.25, -0.2) is 4.98 Å². The minimum Gasteiger partial charge on any atom is -0.386 e. The maximum atomic E-state index is 10.1. The van der Waals surface area contributed by atoms with Crippen LogP contribution in [0.5, 0.6) is 0 Å². The van der Waals surface area contributed by atoms with Gasteiger partial charge in [0.05, 0.1) is 0 Å². The van der Waals surface area contributed by atoms with Gasteiger partial charge in [-0.3, -0.25) is 0 Å². The number of aromatic nitrogens is 1. The van der Waals surface area contributed by atoms with E-state index in [0.717, 1.165) is 22.7 Å². The molecule has 1 N–H and O–H groups in total. The average Bonchev–Trinajstić information content (AvgIpc) is 2.77. The lowest BCUT2D eigenvalue weighted by Crippen LogP contribution is -2.01. The van der Waals surface area contributed by atoms with E-state index in [1.165, 1.54) is 16.9 Å². The summed E-state index contributed by atoms with van der Waals surface area (Å²) < 4.78 is 0. The molecule has 1 aromatic carbocycles. The normalized spacial score (nSPS) is 12.6. The summed E-state index contributed by atoms with van der Waals surface area (Å²) >= 11 is 1.52. The second-order valence-electron chi connectivity index (χ2n) is 4.22. The van der Waals surface area contributed by atoms with Crippen LogP contribution >= 0.6 is 11.3 Å². The van der Waals surface area contributed by atoms with Gasteiger partial charge in [0, 0.05) is 17.5 Å². The Kier molecular flexibility index (Phi) is 3.92. The molecule has 0 saturated heterocycles. The molecule has 1 aromatic heterocycles. The van der Waals surface area contributed by atoms with E-state index in [2.05, 4.69) is 36.2 Å². The Morgan fingerprint density at radius 2 is 1.88 bits per heavy atom. The van der Waals surface area contributed by atoms with Gasteiger partial charge in [0.25, 0.3) is 0 Å². The van der Waals surface area contributed by atoms with Gasteiger partial charge in [-0.2, -0.15) is 0 Å². The van der Waals surface area contributed by atoms with Crippen LogP contribution in [0.15, 0.2) is 29.6 Å². The second-order valence-corrected chi connectivity index (χ2v) is 5.11. The lowest BCUT2D eigenvalue weighted by Gasteiger charge is -2.08. The lowest BCUT2D eigenvalue weighted by atomic mass is 10.1. The number of nitrogens with zero attached hydrogens (tertiary/aromatic N) is 1. The van der Waals surface area contributed by atoms with Crippen molar-refractivity contribution < 1.29 is 5.11 Å². The van der Waals surface area contributed by atoms with Crippen LogP contribution in [0.2, 0.25) is 0 Å². The molecule has 0 fully saturated rings. The Hall–Kier alpha value is -1.19. The van der Waals surface area contributed by atoms with E-state index in [4.69, 9.17) is 0 Å². The summed E-state index contributed by atoms with van der Waals surface area (Å²) in [5, 5.41) is 12.8. The van der Waals surface area contributed by atoms with Gasteiger partial charge < -0.3 is 5.11 Å². The van der Waals surface area contributed by atoms with E-state index in [0.29, 0.717) is 6.42 Å². The molecule has 0 saturated carbocycles. The summed E-state index contributed by atoms with van der Waals surface area (Å²) in [5.74, 6) is 0. The third kappa shape index (κ3) is 3.14. The highest BCUT2D eigenvalue weighted by Crippen LogP contribution is 2.22. The van der Waals surface area contributed by atoms with Crippen LogP contribution < -0.4 is 0 Å². The van der Waals surface area contributed by atoms with Crippen LogP contribution in [0.4, 0.5) is 0 Å². The van der Waals surface area contributed by atoms with Crippen molar-refractivity contribution in [2.75, 3.05) is 0 Å². The predicted molar refractivity (Wildman–Crippen MR) is 71.3 cm³/mol. The van der Waals surface area contributed by atoms with Gasteiger partial charge in [-0.15, -0.1) is 11.3 Å². The van der Waals surface area contributed by atoms with Crippen LogP contribution in [0.3, 0.4) is 0 Å². The van der Waals surface area contributed by atoms with Gasteiger partial charge in [0.1, 0.15) is 11.1 Å². The molecule has 1 unspecified atom stereocenters. The summed E-state index contributed by atoms with van der Waals surface area (Å²) in [4.78, 5) is 4.31. The number of hydrogen-bond donors (Lipinski definition) is 1. The first-order valence-corrected chi connectivity index (χ1v) is 6.75. The number of aryl methyl sites for hydroxylation is 2. The Morgan fingerprint density at radius 3 is 2.41 bits per heavy atom. The van der Waals surface area contributed by atoms with E-state index in [-0.39, 0.29) is 0 Å². The van der Waals surface area contributed by atoms with Crippen LogP contribution in [-0.4, -0.2) is 10.1 Å². The first-order valence-electron chi connectivity index (χ1n) is 5.87. The number of hydrogen-bond acceptors (Lipinski definition) is 3. The highest BCUT2D eigenvalue weighted by molar-refractivity contribution is 7.09. The van der Waals surface area contributed by atoms with E-state index in [1.807, 2.05) is 12.3 Å². The zero-order valence-corrected chi connectivity index (χ0v) is 11.0. The smallest absolute Gasteiger partial charge is 0.122 e. The zero-order chi connectivity index (χ0) is 12.3. The molecular weight excluding hydrogens is 230 g/mol. The molecule has 2 nitrogen and oxygen atoms in total.